The maximum atomic E-state index is 12.2. The molecule has 0 aliphatic carbocycles. The van der Waals surface area contributed by atoms with Crippen molar-refractivity contribution in [3.05, 3.63) is 15.6 Å². The van der Waals surface area contributed by atoms with E-state index in [1.165, 1.54) is 11.3 Å². The molecule has 0 spiro atoms. The Morgan fingerprint density at radius 2 is 2.19 bits per heavy atom. The summed E-state index contributed by atoms with van der Waals surface area (Å²) in [6.45, 7) is 8.45. The molecule has 1 aromatic heterocycles. The van der Waals surface area contributed by atoms with Crippen molar-refractivity contribution in [3.63, 3.8) is 0 Å². The van der Waals surface area contributed by atoms with Crippen molar-refractivity contribution < 1.29 is 14.6 Å². The van der Waals surface area contributed by atoms with Gasteiger partial charge in [-0.1, -0.05) is 13.8 Å². The number of aromatic nitrogens is 1. The maximum absolute atomic E-state index is 12.2. The third kappa shape index (κ3) is 6.11. The number of amides is 1. The number of nitrogens with zero attached hydrogens (tertiary/aromatic N) is 1. The lowest BCUT2D eigenvalue weighted by atomic mass is 9.95. The number of rotatable bonds is 8. The molecule has 0 bridgehead atoms. The van der Waals surface area contributed by atoms with Crippen LogP contribution in [0.2, 0.25) is 0 Å². The van der Waals surface area contributed by atoms with Gasteiger partial charge in [-0.05, 0) is 32.6 Å². The first kappa shape index (κ1) is 18.1. The topological polar surface area (TPSA) is 71.5 Å². The normalized spacial score (nSPS) is 14.2. The lowest BCUT2D eigenvalue weighted by Gasteiger charge is -2.24. The van der Waals surface area contributed by atoms with Crippen LogP contribution in [0.3, 0.4) is 0 Å². The van der Waals surface area contributed by atoms with E-state index >= 15 is 0 Å². The molecular weight excluding hydrogens is 288 g/mol. The van der Waals surface area contributed by atoms with Crippen molar-refractivity contribution in [3.8, 4) is 0 Å². The zero-order valence-corrected chi connectivity index (χ0v) is 14.3. The van der Waals surface area contributed by atoms with Gasteiger partial charge in [0, 0.05) is 13.7 Å². The van der Waals surface area contributed by atoms with E-state index in [9.17, 15) is 9.90 Å². The fourth-order valence-corrected chi connectivity index (χ4v) is 2.84. The number of hydrogen-bond acceptors (Lipinski definition) is 5. The minimum absolute atomic E-state index is 0.183. The average Bonchev–Trinajstić information content (AvgIpc) is 2.75. The molecule has 2 N–H and O–H groups in total. The van der Waals surface area contributed by atoms with Gasteiger partial charge in [0.2, 0.25) is 0 Å². The first-order chi connectivity index (χ1) is 9.75. The molecule has 5 nitrogen and oxygen atoms in total. The Hall–Kier alpha value is -0.980. The number of carbonyl (C=O) groups excluding carboxylic acids is 1. The molecule has 6 heteroatoms. The fraction of sp³-hybridized carbons (Fsp3) is 0.733. The number of nitrogens with one attached hydrogen (secondary N) is 1. The van der Waals surface area contributed by atoms with Gasteiger partial charge in [0.15, 0.2) is 0 Å². The van der Waals surface area contributed by atoms with Gasteiger partial charge in [-0.15, -0.1) is 11.3 Å². The van der Waals surface area contributed by atoms with Crippen LogP contribution in [0.4, 0.5) is 0 Å². The van der Waals surface area contributed by atoms with Gasteiger partial charge >= 0.3 is 0 Å². The van der Waals surface area contributed by atoms with E-state index in [1.54, 1.807) is 14.0 Å². The van der Waals surface area contributed by atoms with Crippen molar-refractivity contribution >= 4 is 17.2 Å². The van der Waals surface area contributed by atoms with E-state index in [1.807, 2.05) is 6.92 Å². The first-order valence-corrected chi connectivity index (χ1v) is 8.02. The molecule has 120 valence electrons. The number of carbonyl (C=O) groups is 1. The molecule has 0 aliphatic heterocycles. The van der Waals surface area contributed by atoms with Crippen molar-refractivity contribution in [2.24, 2.45) is 5.92 Å². The molecule has 0 aliphatic rings. The van der Waals surface area contributed by atoms with E-state index in [2.05, 4.69) is 24.1 Å². The largest absolute Gasteiger partial charge is 0.388 e. The van der Waals surface area contributed by atoms with E-state index in [0.717, 1.165) is 11.4 Å². The smallest absolute Gasteiger partial charge is 0.263 e. The molecule has 1 heterocycles. The molecule has 1 aromatic rings. The number of ether oxygens (including phenoxy) is 1. The molecule has 21 heavy (non-hydrogen) atoms. The minimum Gasteiger partial charge on any atom is -0.388 e. The lowest BCUT2D eigenvalue weighted by molar-refractivity contribution is 0.0430. The van der Waals surface area contributed by atoms with Gasteiger partial charge in [-0.3, -0.25) is 4.79 Å². The van der Waals surface area contributed by atoms with E-state index in [4.69, 9.17) is 4.74 Å². The van der Waals surface area contributed by atoms with Gasteiger partial charge < -0.3 is 15.2 Å². The monoisotopic (exact) mass is 314 g/mol. The van der Waals surface area contributed by atoms with Gasteiger partial charge in [-0.25, -0.2) is 4.98 Å². The van der Waals surface area contributed by atoms with Crippen LogP contribution >= 0.6 is 11.3 Å². The molecule has 1 rings (SSSR count). The average molecular weight is 314 g/mol. The molecular formula is C15H26N2O3S. The molecule has 1 amide bonds. The number of thiazole rings is 1. The second-order valence-electron chi connectivity index (χ2n) is 6.07. The van der Waals surface area contributed by atoms with Crippen LogP contribution in [0.1, 0.15) is 54.0 Å². The summed E-state index contributed by atoms with van der Waals surface area (Å²) in [4.78, 5) is 17.1. The van der Waals surface area contributed by atoms with Crippen LogP contribution in [-0.4, -0.2) is 35.3 Å². The standard InChI is InChI=1S/C15H26N2O3S/c1-10(2)6-7-15(4,19)9-16-14(18)13-11(3)17-12(21-13)8-20-5/h10,19H,6-9H2,1-5H3,(H,16,18). The van der Waals surface area contributed by atoms with Crippen LogP contribution in [0, 0.1) is 12.8 Å². The van der Waals surface area contributed by atoms with Gasteiger partial charge in [0.1, 0.15) is 9.88 Å². The van der Waals surface area contributed by atoms with Crippen LogP contribution < -0.4 is 5.32 Å². The van der Waals surface area contributed by atoms with Crippen molar-refractivity contribution in [1.82, 2.24) is 10.3 Å². The Kier molecular flexibility index (Phi) is 6.77. The van der Waals surface area contributed by atoms with E-state index < -0.39 is 5.60 Å². The Bertz CT molecular complexity index is 469. The highest BCUT2D eigenvalue weighted by Gasteiger charge is 2.23. The van der Waals surface area contributed by atoms with Crippen molar-refractivity contribution in [2.45, 2.75) is 52.7 Å². The second kappa shape index (κ2) is 7.87. The highest BCUT2D eigenvalue weighted by Crippen LogP contribution is 2.20. The Balaban J connectivity index is 2.57. The fourth-order valence-electron chi connectivity index (χ4n) is 1.89. The maximum Gasteiger partial charge on any atom is 0.263 e. The zero-order chi connectivity index (χ0) is 16.0. The summed E-state index contributed by atoms with van der Waals surface area (Å²) in [5.74, 6) is 0.352. The van der Waals surface area contributed by atoms with Crippen LogP contribution in [0.25, 0.3) is 0 Å². The van der Waals surface area contributed by atoms with Crippen LogP contribution in [-0.2, 0) is 11.3 Å². The summed E-state index contributed by atoms with van der Waals surface area (Å²) in [6, 6.07) is 0. The third-order valence-electron chi connectivity index (χ3n) is 3.20. The highest BCUT2D eigenvalue weighted by atomic mass is 32.1. The summed E-state index contributed by atoms with van der Waals surface area (Å²) in [5.41, 5.74) is -0.181. The summed E-state index contributed by atoms with van der Waals surface area (Å²) in [7, 11) is 1.60. The summed E-state index contributed by atoms with van der Waals surface area (Å²) in [5, 5.41) is 13.9. The summed E-state index contributed by atoms with van der Waals surface area (Å²) >= 11 is 1.33. The van der Waals surface area contributed by atoms with Gasteiger partial charge in [-0.2, -0.15) is 0 Å². The SMILES string of the molecule is COCc1nc(C)c(C(=O)NCC(C)(O)CCC(C)C)s1. The lowest BCUT2D eigenvalue weighted by Crippen LogP contribution is -2.40. The third-order valence-corrected chi connectivity index (χ3v) is 4.33. The number of hydrogen-bond donors (Lipinski definition) is 2. The van der Waals surface area contributed by atoms with Crippen molar-refractivity contribution in [1.29, 1.82) is 0 Å². The van der Waals surface area contributed by atoms with Gasteiger partial charge in [0.25, 0.3) is 5.91 Å². The molecule has 1 unspecified atom stereocenters. The number of aliphatic hydroxyl groups is 1. The Labute approximate surface area is 130 Å². The van der Waals surface area contributed by atoms with E-state index in [0.29, 0.717) is 29.5 Å². The number of aryl methyl sites for hydroxylation is 1. The van der Waals surface area contributed by atoms with Crippen LogP contribution in [0.5, 0.6) is 0 Å². The minimum atomic E-state index is -0.881. The van der Waals surface area contributed by atoms with Crippen LogP contribution in [0.15, 0.2) is 0 Å². The molecule has 1 atom stereocenters. The highest BCUT2D eigenvalue weighted by molar-refractivity contribution is 7.13. The Morgan fingerprint density at radius 1 is 1.52 bits per heavy atom. The predicted octanol–water partition coefficient (Wildman–Crippen LogP) is 2.51. The second-order valence-corrected chi connectivity index (χ2v) is 7.15. The van der Waals surface area contributed by atoms with Crippen molar-refractivity contribution in [2.75, 3.05) is 13.7 Å². The predicted molar refractivity (Wildman–Crippen MR) is 84.6 cm³/mol. The summed E-state index contributed by atoms with van der Waals surface area (Å²) < 4.78 is 5.02. The zero-order valence-electron chi connectivity index (χ0n) is 13.5. The quantitative estimate of drug-likeness (QED) is 0.773. The Morgan fingerprint density at radius 3 is 2.76 bits per heavy atom. The van der Waals surface area contributed by atoms with E-state index in [-0.39, 0.29) is 12.5 Å². The van der Waals surface area contributed by atoms with Gasteiger partial charge in [0.05, 0.1) is 17.9 Å². The molecule has 0 aromatic carbocycles. The first-order valence-electron chi connectivity index (χ1n) is 7.21. The number of methoxy groups -OCH3 is 1. The molecule has 0 radical (unpaired) electrons. The molecule has 0 saturated carbocycles. The molecule has 0 fully saturated rings. The summed E-state index contributed by atoms with van der Waals surface area (Å²) in [6.07, 6.45) is 1.60. The molecule has 0 saturated heterocycles.